The molecule has 4 heteroatoms. The summed E-state index contributed by atoms with van der Waals surface area (Å²) in [5, 5.41) is 20.7. The Morgan fingerprint density at radius 1 is 1.41 bits per heavy atom. The number of hydrogen-bond donors (Lipinski definition) is 2. The molecule has 0 saturated carbocycles. The molecule has 2 N–H and O–H groups in total. The van der Waals surface area contributed by atoms with E-state index in [1.54, 1.807) is 0 Å². The Kier molecular flexibility index (Phi) is 6.08. The van der Waals surface area contributed by atoms with Crippen LogP contribution in [0.3, 0.4) is 0 Å². The first kappa shape index (κ1) is 13.5. The van der Waals surface area contributed by atoms with E-state index in [-0.39, 0.29) is 19.3 Å². The molecule has 0 saturated heterocycles. The smallest absolute Gasteiger partial charge is 0.174 e. The maximum atomic E-state index is 9.03. The van der Waals surface area contributed by atoms with Gasteiger partial charge in [-0.1, -0.05) is 19.1 Å². The second kappa shape index (κ2) is 7.66. The molecule has 1 aromatic rings. The average Bonchev–Trinajstić information content (AvgIpc) is 2.39. The van der Waals surface area contributed by atoms with E-state index in [9.17, 15) is 0 Å². The van der Waals surface area contributed by atoms with Gasteiger partial charge in [-0.15, -0.1) is 0 Å². The summed E-state index contributed by atoms with van der Waals surface area (Å²) in [4.78, 5) is 0. The van der Waals surface area contributed by atoms with Crippen molar-refractivity contribution in [1.29, 1.82) is 5.26 Å². The van der Waals surface area contributed by atoms with Crippen LogP contribution in [0, 0.1) is 11.3 Å². The summed E-state index contributed by atoms with van der Waals surface area (Å²) < 4.78 is 5.16. The third-order valence-corrected chi connectivity index (χ3v) is 2.53. The van der Waals surface area contributed by atoms with Gasteiger partial charge < -0.3 is 15.2 Å². The number of nitriles is 1. The first-order chi connectivity index (χ1) is 8.30. The van der Waals surface area contributed by atoms with E-state index in [0.29, 0.717) is 5.75 Å². The van der Waals surface area contributed by atoms with Gasteiger partial charge in [0.15, 0.2) is 6.61 Å². The van der Waals surface area contributed by atoms with E-state index >= 15 is 0 Å². The van der Waals surface area contributed by atoms with Crippen LogP contribution in [0.2, 0.25) is 0 Å². The molecule has 0 bridgehead atoms. The molecule has 1 atom stereocenters. The molecule has 0 aromatic heterocycles. The Morgan fingerprint density at radius 3 is 2.65 bits per heavy atom. The second-order valence-electron chi connectivity index (χ2n) is 3.76. The topological polar surface area (TPSA) is 65.3 Å². The monoisotopic (exact) mass is 234 g/mol. The Hall–Kier alpha value is -1.57. The van der Waals surface area contributed by atoms with E-state index in [1.807, 2.05) is 37.3 Å². The lowest BCUT2D eigenvalue weighted by Gasteiger charge is -2.13. The average molecular weight is 234 g/mol. The highest BCUT2D eigenvalue weighted by atomic mass is 16.5. The fourth-order valence-electron chi connectivity index (χ4n) is 1.42. The van der Waals surface area contributed by atoms with Gasteiger partial charge in [-0.25, -0.2) is 0 Å². The van der Waals surface area contributed by atoms with E-state index in [4.69, 9.17) is 15.1 Å². The van der Waals surface area contributed by atoms with Gasteiger partial charge in [-0.3, -0.25) is 0 Å². The van der Waals surface area contributed by atoms with Crippen molar-refractivity contribution in [2.45, 2.75) is 25.9 Å². The van der Waals surface area contributed by atoms with E-state index in [2.05, 4.69) is 5.32 Å². The number of nitrogens with one attached hydrogen (secondary N) is 1. The number of rotatable bonds is 7. The molecule has 1 aromatic carbocycles. The molecule has 17 heavy (non-hydrogen) atoms. The van der Waals surface area contributed by atoms with E-state index in [1.165, 1.54) is 0 Å². The normalized spacial score (nSPS) is 11.8. The van der Waals surface area contributed by atoms with Crippen LogP contribution in [0.4, 0.5) is 0 Å². The minimum atomic E-state index is 0.0695. The van der Waals surface area contributed by atoms with Crippen molar-refractivity contribution >= 4 is 0 Å². The molecule has 92 valence electrons. The summed E-state index contributed by atoms with van der Waals surface area (Å²) in [7, 11) is 0. The summed E-state index contributed by atoms with van der Waals surface area (Å²) in [5.74, 6) is 0.699. The van der Waals surface area contributed by atoms with Crippen molar-refractivity contribution in [3.05, 3.63) is 29.8 Å². The number of ether oxygens (including phenoxy) is 1. The van der Waals surface area contributed by atoms with Gasteiger partial charge in [0, 0.05) is 12.6 Å². The van der Waals surface area contributed by atoms with Gasteiger partial charge in [0.2, 0.25) is 0 Å². The standard InChI is InChI=1S/C13H18N2O2/c1-2-12(10-16)15-9-11-3-5-13(6-4-11)17-8-7-14/h3-6,12,15-16H,2,8-10H2,1H3/t12-/m0/s1. The molecule has 0 fully saturated rings. The van der Waals surface area contributed by atoms with Crippen molar-refractivity contribution in [3.8, 4) is 11.8 Å². The number of hydrogen-bond acceptors (Lipinski definition) is 4. The van der Waals surface area contributed by atoms with Gasteiger partial charge in [-0.05, 0) is 24.1 Å². The first-order valence-corrected chi connectivity index (χ1v) is 5.73. The zero-order valence-electron chi connectivity index (χ0n) is 10.0. The van der Waals surface area contributed by atoms with Crippen molar-refractivity contribution in [2.75, 3.05) is 13.2 Å². The van der Waals surface area contributed by atoms with Crippen molar-refractivity contribution < 1.29 is 9.84 Å². The number of aliphatic hydroxyl groups excluding tert-OH is 1. The molecule has 0 aliphatic heterocycles. The summed E-state index contributed by atoms with van der Waals surface area (Å²) in [6.45, 7) is 2.98. The van der Waals surface area contributed by atoms with E-state index < -0.39 is 0 Å². The summed E-state index contributed by atoms with van der Waals surface area (Å²) >= 11 is 0. The van der Waals surface area contributed by atoms with Gasteiger partial charge in [0.25, 0.3) is 0 Å². The lowest BCUT2D eigenvalue weighted by atomic mass is 10.2. The predicted molar refractivity (Wildman–Crippen MR) is 65.6 cm³/mol. The minimum absolute atomic E-state index is 0.0695. The molecule has 4 nitrogen and oxygen atoms in total. The Morgan fingerprint density at radius 2 is 2.12 bits per heavy atom. The Labute approximate surface area is 102 Å². The Bertz CT molecular complexity index is 353. The number of nitrogens with zero attached hydrogens (tertiary/aromatic N) is 1. The maximum Gasteiger partial charge on any atom is 0.174 e. The third-order valence-electron chi connectivity index (χ3n) is 2.53. The van der Waals surface area contributed by atoms with Crippen LogP contribution >= 0.6 is 0 Å². The van der Waals surface area contributed by atoms with Crippen LogP contribution in [-0.2, 0) is 6.54 Å². The summed E-state index contributed by atoms with van der Waals surface area (Å²) in [6.07, 6.45) is 0.903. The molecule has 0 spiro atoms. The lowest BCUT2D eigenvalue weighted by Crippen LogP contribution is -2.31. The van der Waals surface area contributed by atoms with Crippen molar-refractivity contribution in [2.24, 2.45) is 0 Å². The number of benzene rings is 1. The zero-order valence-corrected chi connectivity index (χ0v) is 10.0. The lowest BCUT2D eigenvalue weighted by molar-refractivity contribution is 0.238. The number of aliphatic hydroxyl groups is 1. The van der Waals surface area contributed by atoms with Gasteiger partial charge in [0.05, 0.1) is 6.61 Å². The van der Waals surface area contributed by atoms with Crippen LogP contribution < -0.4 is 10.1 Å². The van der Waals surface area contributed by atoms with Crippen molar-refractivity contribution in [3.63, 3.8) is 0 Å². The van der Waals surface area contributed by atoms with Gasteiger partial charge in [0.1, 0.15) is 11.8 Å². The summed E-state index contributed by atoms with van der Waals surface area (Å²) in [6, 6.07) is 9.65. The molecular weight excluding hydrogens is 216 g/mol. The fourth-order valence-corrected chi connectivity index (χ4v) is 1.42. The highest BCUT2D eigenvalue weighted by molar-refractivity contribution is 5.27. The third kappa shape index (κ3) is 4.85. The molecule has 0 aliphatic rings. The quantitative estimate of drug-likeness (QED) is 0.749. The van der Waals surface area contributed by atoms with Gasteiger partial charge >= 0.3 is 0 Å². The van der Waals surface area contributed by atoms with Crippen LogP contribution in [0.15, 0.2) is 24.3 Å². The molecule has 0 radical (unpaired) electrons. The second-order valence-corrected chi connectivity index (χ2v) is 3.76. The zero-order chi connectivity index (χ0) is 12.5. The van der Waals surface area contributed by atoms with Crippen LogP contribution in [-0.4, -0.2) is 24.4 Å². The summed E-state index contributed by atoms with van der Waals surface area (Å²) in [5.41, 5.74) is 1.13. The van der Waals surface area contributed by atoms with Gasteiger partial charge in [-0.2, -0.15) is 5.26 Å². The minimum Gasteiger partial charge on any atom is -0.479 e. The van der Waals surface area contributed by atoms with Crippen LogP contribution in [0.1, 0.15) is 18.9 Å². The SMILES string of the molecule is CC[C@@H](CO)NCc1ccc(OCC#N)cc1. The highest BCUT2D eigenvalue weighted by Crippen LogP contribution is 2.12. The first-order valence-electron chi connectivity index (χ1n) is 5.73. The van der Waals surface area contributed by atoms with E-state index in [0.717, 1.165) is 18.5 Å². The highest BCUT2D eigenvalue weighted by Gasteiger charge is 2.03. The van der Waals surface area contributed by atoms with Crippen molar-refractivity contribution in [1.82, 2.24) is 5.32 Å². The fraction of sp³-hybridized carbons (Fsp3) is 0.462. The maximum absolute atomic E-state index is 9.03. The molecule has 0 heterocycles. The molecule has 0 amide bonds. The molecule has 1 rings (SSSR count). The Balaban J connectivity index is 2.42. The molecule has 0 unspecified atom stereocenters. The molecule has 0 aliphatic carbocycles. The van der Waals surface area contributed by atoms with Crippen LogP contribution in [0.5, 0.6) is 5.75 Å². The largest absolute Gasteiger partial charge is 0.479 e. The molecular formula is C13H18N2O2. The van der Waals surface area contributed by atoms with Crippen LogP contribution in [0.25, 0.3) is 0 Å². The predicted octanol–water partition coefficient (Wildman–Crippen LogP) is 1.45.